The molecule has 1 rings (SSSR count). The third kappa shape index (κ3) is 3.16. The van der Waals surface area contributed by atoms with E-state index in [9.17, 15) is 0 Å². The number of nitrogens with one attached hydrogen (secondary N) is 1. The molecule has 2 nitrogen and oxygen atoms in total. The van der Waals surface area contributed by atoms with Crippen molar-refractivity contribution in [2.75, 3.05) is 0 Å². The van der Waals surface area contributed by atoms with E-state index in [-0.39, 0.29) is 6.04 Å². The van der Waals surface area contributed by atoms with Crippen LogP contribution in [-0.2, 0) is 0 Å². The molecule has 0 saturated carbocycles. The fourth-order valence-corrected chi connectivity index (χ4v) is 2.55. The molecule has 3 N–H and O–H groups in total. The lowest BCUT2D eigenvalue weighted by atomic mass is 10.0. The van der Waals surface area contributed by atoms with Crippen molar-refractivity contribution in [2.24, 2.45) is 5.84 Å². The average Bonchev–Trinajstić information content (AvgIpc) is 2.55. The molecule has 0 aromatic carbocycles. The summed E-state index contributed by atoms with van der Waals surface area (Å²) < 4.78 is 0. The molecule has 0 aliphatic rings. The van der Waals surface area contributed by atoms with Crippen LogP contribution >= 0.6 is 11.3 Å². The van der Waals surface area contributed by atoms with Gasteiger partial charge in [-0.05, 0) is 38.3 Å². The first-order chi connectivity index (χ1) is 7.08. The van der Waals surface area contributed by atoms with Crippen LogP contribution < -0.4 is 11.3 Å². The van der Waals surface area contributed by atoms with Gasteiger partial charge in [0.2, 0.25) is 0 Å². The summed E-state index contributed by atoms with van der Waals surface area (Å²) in [7, 11) is 0. The van der Waals surface area contributed by atoms with Gasteiger partial charge in [0.1, 0.15) is 0 Å². The van der Waals surface area contributed by atoms with E-state index in [1.165, 1.54) is 20.9 Å². The van der Waals surface area contributed by atoms with Crippen LogP contribution in [-0.4, -0.2) is 0 Å². The van der Waals surface area contributed by atoms with Crippen LogP contribution in [0.3, 0.4) is 0 Å². The number of hydrazine groups is 1. The molecule has 0 amide bonds. The normalized spacial score (nSPS) is 12.8. The van der Waals surface area contributed by atoms with E-state index in [0.29, 0.717) is 0 Å². The van der Waals surface area contributed by atoms with Crippen molar-refractivity contribution in [1.82, 2.24) is 5.43 Å². The summed E-state index contributed by atoms with van der Waals surface area (Å²) in [5.41, 5.74) is 5.46. The standard InChI is InChI=1S/C12H20N2S/c1-5-8(2)6-11(14-13)12-7-9(3)10(4)15-12/h7,11,14H,2,5-6,13H2,1,3-4H3. The number of hydrogen-bond donors (Lipinski definition) is 2. The summed E-state index contributed by atoms with van der Waals surface area (Å²) >= 11 is 1.82. The second-order valence-corrected chi connectivity index (χ2v) is 5.20. The Morgan fingerprint density at radius 1 is 1.60 bits per heavy atom. The van der Waals surface area contributed by atoms with Crippen LogP contribution in [0.1, 0.15) is 41.1 Å². The number of rotatable bonds is 5. The smallest absolute Gasteiger partial charge is 0.0590 e. The van der Waals surface area contributed by atoms with Crippen LogP contribution in [0.15, 0.2) is 18.2 Å². The highest BCUT2D eigenvalue weighted by Crippen LogP contribution is 2.29. The molecule has 84 valence electrons. The van der Waals surface area contributed by atoms with E-state index in [1.807, 2.05) is 11.3 Å². The second kappa shape index (κ2) is 5.45. The molecular weight excluding hydrogens is 204 g/mol. The van der Waals surface area contributed by atoms with Crippen molar-refractivity contribution in [1.29, 1.82) is 0 Å². The minimum absolute atomic E-state index is 0.217. The van der Waals surface area contributed by atoms with E-state index in [1.54, 1.807) is 0 Å². The van der Waals surface area contributed by atoms with Gasteiger partial charge in [0.05, 0.1) is 6.04 Å². The van der Waals surface area contributed by atoms with Gasteiger partial charge in [0.15, 0.2) is 0 Å². The first kappa shape index (κ1) is 12.4. The monoisotopic (exact) mass is 224 g/mol. The van der Waals surface area contributed by atoms with Gasteiger partial charge < -0.3 is 0 Å². The Labute approximate surface area is 96.2 Å². The van der Waals surface area contributed by atoms with Crippen LogP contribution in [0.5, 0.6) is 0 Å². The third-order valence-corrected chi connectivity index (χ3v) is 3.99. The molecule has 0 aliphatic heterocycles. The average molecular weight is 224 g/mol. The van der Waals surface area contributed by atoms with E-state index in [0.717, 1.165) is 12.8 Å². The zero-order valence-corrected chi connectivity index (χ0v) is 10.6. The molecular formula is C12H20N2S. The van der Waals surface area contributed by atoms with Crippen LogP contribution in [0.4, 0.5) is 0 Å². The quantitative estimate of drug-likeness (QED) is 0.458. The maximum Gasteiger partial charge on any atom is 0.0590 e. The molecule has 0 fully saturated rings. The Kier molecular flexibility index (Phi) is 4.51. The Bertz CT molecular complexity index is 322. The summed E-state index contributed by atoms with van der Waals surface area (Å²) in [6, 6.07) is 2.43. The number of hydrogen-bond acceptors (Lipinski definition) is 3. The van der Waals surface area contributed by atoms with Crippen molar-refractivity contribution in [3.05, 3.63) is 33.5 Å². The van der Waals surface area contributed by atoms with Gasteiger partial charge in [-0.1, -0.05) is 19.1 Å². The largest absolute Gasteiger partial charge is 0.271 e. The molecule has 1 atom stereocenters. The molecule has 1 heterocycles. The van der Waals surface area contributed by atoms with Gasteiger partial charge in [-0.3, -0.25) is 11.3 Å². The second-order valence-electron chi connectivity index (χ2n) is 3.91. The third-order valence-electron chi connectivity index (χ3n) is 2.72. The van der Waals surface area contributed by atoms with Crippen LogP contribution in [0.25, 0.3) is 0 Å². The minimum Gasteiger partial charge on any atom is -0.271 e. The zero-order valence-electron chi connectivity index (χ0n) is 9.76. The van der Waals surface area contributed by atoms with Gasteiger partial charge in [-0.2, -0.15) is 0 Å². The van der Waals surface area contributed by atoms with Crippen molar-refractivity contribution in [3.63, 3.8) is 0 Å². The first-order valence-electron chi connectivity index (χ1n) is 5.28. The predicted molar refractivity (Wildman–Crippen MR) is 67.9 cm³/mol. The topological polar surface area (TPSA) is 38.0 Å². The van der Waals surface area contributed by atoms with E-state index < -0.39 is 0 Å². The van der Waals surface area contributed by atoms with E-state index >= 15 is 0 Å². The summed E-state index contributed by atoms with van der Waals surface area (Å²) in [6.45, 7) is 10.4. The number of aryl methyl sites for hydroxylation is 2. The molecule has 0 aliphatic carbocycles. The Morgan fingerprint density at radius 3 is 2.67 bits per heavy atom. The van der Waals surface area contributed by atoms with Gasteiger partial charge in [0.25, 0.3) is 0 Å². The summed E-state index contributed by atoms with van der Waals surface area (Å²) in [4.78, 5) is 2.68. The minimum atomic E-state index is 0.217. The lowest BCUT2D eigenvalue weighted by Crippen LogP contribution is -2.27. The maximum absolute atomic E-state index is 5.58. The zero-order chi connectivity index (χ0) is 11.4. The van der Waals surface area contributed by atoms with Crippen LogP contribution in [0, 0.1) is 13.8 Å². The molecule has 15 heavy (non-hydrogen) atoms. The number of nitrogens with two attached hydrogens (primary N) is 1. The van der Waals surface area contributed by atoms with Gasteiger partial charge in [-0.25, -0.2) is 0 Å². The first-order valence-corrected chi connectivity index (χ1v) is 6.09. The highest BCUT2D eigenvalue weighted by molar-refractivity contribution is 7.12. The lowest BCUT2D eigenvalue weighted by Gasteiger charge is -2.14. The SMILES string of the molecule is C=C(CC)CC(NN)c1cc(C)c(C)s1. The van der Waals surface area contributed by atoms with Crippen molar-refractivity contribution in [2.45, 2.75) is 39.7 Å². The van der Waals surface area contributed by atoms with Crippen molar-refractivity contribution < 1.29 is 0 Å². The highest BCUT2D eigenvalue weighted by atomic mass is 32.1. The van der Waals surface area contributed by atoms with Crippen molar-refractivity contribution in [3.8, 4) is 0 Å². The molecule has 0 radical (unpaired) electrons. The van der Waals surface area contributed by atoms with Gasteiger partial charge in [-0.15, -0.1) is 11.3 Å². The molecule has 1 aromatic rings. The molecule has 0 saturated heterocycles. The van der Waals surface area contributed by atoms with Gasteiger partial charge in [0, 0.05) is 9.75 Å². The lowest BCUT2D eigenvalue weighted by molar-refractivity contribution is 0.553. The van der Waals surface area contributed by atoms with Gasteiger partial charge >= 0.3 is 0 Å². The predicted octanol–water partition coefficient (Wildman–Crippen LogP) is 3.23. The maximum atomic E-state index is 5.58. The summed E-state index contributed by atoms with van der Waals surface area (Å²) in [5.74, 6) is 5.58. The molecule has 0 bridgehead atoms. The molecule has 1 unspecified atom stereocenters. The summed E-state index contributed by atoms with van der Waals surface area (Å²) in [5, 5.41) is 0. The molecule has 1 aromatic heterocycles. The molecule has 3 heteroatoms. The summed E-state index contributed by atoms with van der Waals surface area (Å²) in [6.07, 6.45) is 1.94. The fourth-order valence-electron chi connectivity index (χ4n) is 1.45. The van der Waals surface area contributed by atoms with E-state index in [2.05, 4.69) is 38.8 Å². The Morgan fingerprint density at radius 2 is 2.27 bits per heavy atom. The fraction of sp³-hybridized carbons (Fsp3) is 0.500. The molecule has 0 spiro atoms. The number of thiophene rings is 1. The van der Waals surface area contributed by atoms with E-state index in [4.69, 9.17) is 5.84 Å². The van der Waals surface area contributed by atoms with Crippen LogP contribution in [0.2, 0.25) is 0 Å². The Hall–Kier alpha value is -0.640. The Balaban J connectivity index is 2.78. The highest BCUT2D eigenvalue weighted by Gasteiger charge is 2.13. The van der Waals surface area contributed by atoms with Crippen molar-refractivity contribution >= 4 is 11.3 Å².